The van der Waals surface area contributed by atoms with Gasteiger partial charge in [-0.25, -0.2) is 0 Å². The number of aryl methyl sites for hydroxylation is 1. The number of nitro groups is 1. The molecule has 0 saturated heterocycles. The Morgan fingerprint density at radius 1 is 1.31 bits per heavy atom. The van der Waals surface area contributed by atoms with Crippen molar-refractivity contribution in [2.75, 3.05) is 0 Å². The Bertz CT molecular complexity index is 502. The minimum Gasteiger partial charge on any atom is -0.272 e. The van der Waals surface area contributed by atoms with Crippen LogP contribution >= 0.6 is 0 Å². The van der Waals surface area contributed by atoms with Crippen LogP contribution in [0.25, 0.3) is 11.1 Å². The summed E-state index contributed by atoms with van der Waals surface area (Å²) >= 11 is 0. The van der Waals surface area contributed by atoms with Crippen LogP contribution in [0.4, 0.5) is 5.69 Å². The van der Waals surface area contributed by atoms with Gasteiger partial charge in [0.05, 0.1) is 11.1 Å². The molecule has 0 radical (unpaired) electrons. The summed E-state index contributed by atoms with van der Waals surface area (Å²) in [4.78, 5) is 10.1. The molecule has 82 valence electrons. The van der Waals surface area contributed by atoms with Crippen LogP contribution in [-0.4, -0.2) is 14.7 Å². The Kier molecular flexibility index (Phi) is 2.68. The number of aromatic nitrogens is 2. The lowest BCUT2D eigenvalue weighted by molar-refractivity contribution is -0.384. The van der Waals surface area contributed by atoms with Crippen LogP contribution in [0.1, 0.15) is 6.92 Å². The zero-order chi connectivity index (χ0) is 11.5. The Balaban J connectivity index is 2.30. The molecular weight excluding hydrogens is 206 g/mol. The van der Waals surface area contributed by atoms with E-state index in [-0.39, 0.29) is 5.69 Å². The van der Waals surface area contributed by atoms with Crippen molar-refractivity contribution in [3.63, 3.8) is 0 Å². The summed E-state index contributed by atoms with van der Waals surface area (Å²) in [6.07, 6.45) is 3.67. The SMILES string of the molecule is CCn1cc(-c2ccc([N+](=O)[O-])cc2)cn1. The summed E-state index contributed by atoms with van der Waals surface area (Å²) in [5.41, 5.74) is 2.01. The van der Waals surface area contributed by atoms with E-state index in [0.29, 0.717) is 0 Å². The fraction of sp³-hybridized carbons (Fsp3) is 0.182. The number of hydrogen-bond donors (Lipinski definition) is 0. The van der Waals surface area contributed by atoms with Crippen molar-refractivity contribution in [1.82, 2.24) is 9.78 Å². The summed E-state index contributed by atoms with van der Waals surface area (Å²) in [5.74, 6) is 0. The van der Waals surface area contributed by atoms with E-state index in [1.54, 1.807) is 18.3 Å². The van der Waals surface area contributed by atoms with Crippen LogP contribution in [0.3, 0.4) is 0 Å². The van der Waals surface area contributed by atoms with Crippen LogP contribution < -0.4 is 0 Å². The second kappa shape index (κ2) is 4.14. The van der Waals surface area contributed by atoms with Gasteiger partial charge in [-0.15, -0.1) is 0 Å². The van der Waals surface area contributed by atoms with Crippen molar-refractivity contribution >= 4 is 5.69 Å². The predicted octanol–water partition coefficient (Wildman–Crippen LogP) is 2.48. The largest absolute Gasteiger partial charge is 0.272 e. The van der Waals surface area contributed by atoms with Crippen LogP contribution in [-0.2, 0) is 6.54 Å². The van der Waals surface area contributed by atoms with Crippen molar-refractivity contribution in [2.45, 2.75) is 13.5 Å². The molecule has 0 amide bonds. The molecule has 0 bridgehead atoms. The molecule has 5 heteroatoms. The summed E-state index contributed by atoms with van der Waals surface area (Å²) in [6, 6.07) is 6.46. The molecule has 5 nitrogen and oxygen atoms in total. The third kappa shape index (κ3) is 1.93. The van der Waals surface area contributed by atoms with E-state index in [1.165, 1.54) is 12.1 Å². The second-order valence-corrected chi connectivity index (χ2v) is 3.39. The molecule has 0 aliphatic rings. The molecule has 0 saturated carbocycles. The molecule has 1 aromatic heterocycles. The van der Waals surface area contributed by atoms with E-state index >= 15 is 0 Å². The zero-order valence-corrected chi connectivity index (χ0v) is 8.83. The first-order chi connectivity index (χ1) is 7.70. The van der Waals surface area contributed by atoms with Gasteiger partial charge >= 0.3 is 0 Å². The van der Waals surface area contributed by atoms with Gasteiger partial charge in [0.25, 0.3) is 5.69 Å². The van der Waals surface area contributed by atoms with Crippen molar-refractivity contribution in [3.8, 4) is 11.1 Å². The second-order valence-electron chi connectivity index (χ2n) is 3.39. The minimum atomic E-state index is -0.404. The van der Waals surface area contributed by atoms with Crippen molar-refractivity contribution in [2.24, 2.45) is 0 Å². The Morgan fingerprint density at radius 2 is 2.00 bits per heavy atom. The molecule has 16 heavy (non-hydrogen) atoms. The first-order valence-corrected chi connectivity index (χ1v) is 4.98. The maximum atomic E-state index is 10.5. The number of non-ortho nitro benzene ring substituents is 1. The van der Waals surface area contributed by atoms with Gasteiger partial charge in [0, 0.05) is 30.4 Å². The quantitative estimate of drug-likeness (QED) is 0.586. The average molecular weight is 217 g/mol. The van der Waals surface area contributed by atoms with Gasteiger partial charge in [0.15, 0.2) is 0 Å². The van der Waals surface area contributed by atoms with Gasteiger partial charge in [0.2, 0.25) is 0 Å². The van der Waals surface area contributed by atoms with E-state index < -0.39 is 4.92 Å². The average Bonchev–Trinajstić information content (AvgIpc) is 2.77. The molecule has 0 aliphatic heterocycles. The molecule has 0 unspecified atom stereocenters. The lowest BCUT2D eigenvalue weighted by Crippen LogP contribution is -1.92. The number of nitrogens with zero attached hydrogens (tertiary/aromatic N) is 3. The molecule has 0 spiro atoms. The van der Waals surface area contributed by atoms with E-state index in [0.717, 1.165) is 17.7 Å². The summed E-state index contributed by atoms with van der Waals surface area (Å²) in [5, 5.41) is 14.6. The highest BCUT2D eigenvalue weighted by Gasteiger charge is 2.06. The Morgan fingerprint density at radius 3 is 2.50 bits per heavy atom. The molecule has 0 atom stereocenters. The maximum absolute atomic E-state index is 10.5. The number of hydrogen-bond acceptors (Lipinski definition) is 3. The van der Waals surface area contributed by atoms with Crippen LogP contribution in [0.2, 0.25) is 0 Å². The number of nitro benzene ring substituents is 1. The Hall–Kier alpha value is -2.17. The normalized spacial score (nSPS) is 10.3. The van der Waals surface area contributed by atoms with Gasteiger partial charge in [0.1, 0.15) is 0 Å². The lowest BCUT2D eigenvalue weighted by Gasteiger charge is -1.96. The highest BCUT2D eigenvalue weighted by atomic mass is 16.6. The molecular formula is C11H11N3O2. The van der Waals surface area contributed by atoms with E-state index in [4.69, 9.17) is 0 Å². The fourth-order valence-corrected chi connectivity index (χ4v) is 1.46. The maximum Gasteiger partial charge on any atom is 0.269 e. The monoisotopic (exact) mass is 217 g/mol. The summed E-state index contributed by atoms with van der Waals surface area (Å²) in [6.45, 7) is 2.82. The first kappa shape index (κ1) is 10.4. The first-order valence-electron chi connectivity index (χ1n) is 4.98. The molecule has 1 aromatic carbocycles. The van der Waals surface area contributed by atoms with Crippen LogP contribution in [0.15, 0.2) is 36.7 Å². The fourth-order valence-electron chi connectivity index (χ4n) is 1.46. The molecule has 2 rings (SSSR count). The summed E-state index contributed by atoms with van der Waals surface area (Å²) < 4.78 is 1.82. The molecule has 0 fully saturated rings. The van der Waals surface area contributed by atoms with Crippen molar-refractivity contribution in [1.29, 1.82) is 0 Å². The van der Waals surface area contributed by atoms with Crippen LogP contribution in [0.5, 0.6) is 0 Å². The van der Waals surface area contributed by atoms with Gasteiger partial charge in [-0.3, -0.25) is 14.8 Å². The smallest absolute Gasteiger partial charge is 0.269 e. The topological polar surface area (TPSA) is 61.0 Å². The standard InChI is InChI=1S/C11H11N3O2/c1-2-13-8-10(7-12-13)9-3-5-11(6-4-9)14(15)16/h3-8H,2H2,1H3. The molecule has 0 N–H and O–H groups in total. The highest BCUT2D eigenvalue weighted by molar-refractivity contribution is 5.63. The third-order valence-electron chi connectivity index (χ3n) is 2.37. The minimum absolute atomic E-state index is 0.103. The van der Waals surface area contributed by atoms with Gasteiger partial charge < -0.3 is 0 Å². The predicted molar refractivity (Wildman–Crippen MR) is 60.0 cm³/mol. The summed E-state index contributed by atoms with van der Waals surface area (Å²) in [7, 11) is 0. The molecule has 0 aliphatic carbocycles. The number of benzene rings is 1. The van der Waals surface area contributed by atoms with Gasteiger partial charge in [-0.05, 0) is 24.6 Å². The Labute approximate surface area is 92.5 Å². The lowest BCUT2D eigenvalue weighted by atomic mass is 10.1. The van der Waals surface area contributed by atoms with Crippen molar-refractivity contribution < 1.29 is 4.92 Å². The van der Waals surface area contributed by atoms with Crippen molar-refractivity contribution in [3.05, 3.63) is 46.8 Å². The van der Waals surface area contributed by atoms with Gasteiger partial charge in [-0.2, -0.15) is 5.10 Å². The van der Waals surface area contributed by atoms with E-state index in [2.05, 4.69) is 5.10 Å². The van der Waals surface area contributed by atoms with E-state index in [9.17, 15) is 10.1 Å². The number of rotatable bonds is 3. The zero-order valence-electron chi connectivity index (χ0n) is 8.83. The molecule has 1 heterocycles. The highest BCUT2D eigenvalue weighted by Crippen LogP contribution is 2.21. The van der Waals surface area contributed by atoms with E-state index in [1.807, 2.05) is 17.8 Å². The van der Waals surface area contributed by atoms with Gasteiger partial charge in [-0.1, -0.05) is 0 Å². The van der Waals surface area contributed by atoms with Crippen LogP contribution in [0, 0.1) is 10.1 Å². The third-order valence-corrected chi connectivity index (χ3v) is 2.37. The molecule has 2 aromatic rings.